The number of hydrogen-bond acceptors (Lipinski definition) is 4. The van der Waals surface area contributed by atoms with Gasteiger partial charge in [-0.3, -0.25) is 0 Å². The van der Waals surface area contributed by atoms with Crippen LogP contribution >= 0.6 is 0 Å². The highest BCUT2D eigenvalue weighted by molar-refractivity contribution is 5.83. The molecule has 0 spiro atoms. The molecule has 4 heteroatoms. The van der Waals surface area contributed by atoms with Gasteiger partial charge in [-0.2, -0.15) is 0 Å². The SMILES string of the molecule is CCOC(=O)C=C1CC(OC)(OC)C1. The van der Waals surface area contributed by atoms with Crippen molar-refractivity contribution in [3.05, 3.63) is 11.6 Å². The third kappa shape index (κ3) is 2.33. The predicted molar refractivity (Wildman–Crippen MR) is 50.7 cm³/mol. The Kier molecular flexibility index (Phi) is 3.66. The molecule has 14 heavy (non-hydrogen) atoms. The summed E-state index contributed by atoms with van der Waals surface area (Å²) in [7, 11) is 3.20. The Morgan fingerprint density at radius 1 is 1.43 bits per heavy atom. The molecule has 0 heterocycles. The molecule has 1 saturated carbocycles. The van der Waals surface area contributed by atoms with E-state index < -0.39 is 5.79 Å². The zero-order chi connectivity index (χ0) is 10.6. The molecule has 0 saturated heterocycles. The molecule has 0 aromatic carbocycles. The average molecular weight is 200 g/mol. The van der Waals surface area contributed by atoms with E-state index >= 15 is 0 Å². The quantitative estimate of drug-likeness (QED) is 0.389. The maximum atomic E-state index is 11.1. The second kappa shape index (κ2) is 4.57. The van der Waals surface area contributed by atoms with E-state index in [0.29, 0.717) is 19.4 Å². The maximum absolute atomic E-state index is 11.1. The molecule has 0 bridgehead atoms. The van der Waals surface area contributed by atoms with Crippen molar-refractivity contribution in [1.82, 2.24) is 0 Å². The van der Waals surface area contributed by atoms with Gasteiger partial charge in [0, 0.05) is 33.1 Å². The molecule has 0 N–H and O–H groups in total. The molecule has 0 atom stereocenters. The first-order chi connectivity index (χ1) is 6.65. The van der Waals surface area contributed by atoms with Crippen LogP contribution in [0.2, 0.25) is 0 Å². The van der Waals surface area contributed by atoms with Gasteiger partial charge in [-0.05, 0) is 6.92 Å². The summed E-state index contributed by atoms with van der Waals surface area (Å²) in [6.07, 6.45) is 2.79. The van der Waals surface area contributed by atoms with Crippen LogP contribution in [0.1, 0.15) is 19.8 Å². The lowest BCUT2D eigenvalue weighted by molar-refractivity contribution is -0.228. The topological polar surface area (TPSA) is 44.8 Å². The minimum Gasteiger partial charge on any atom is -0.463 e. The lowest BCUT2D eigenvalue weighted by Crippen LogP contribution is -2.42. The van der Waals surface area contributed by atoms with Crippen LogP contribution < -0.4 is 0 Å². The monoisotopic (exact) mass is 200 g/mol. The van der Waals surface area contributed by atoms with E-state index in [1.165, 1.54) is 6.08 Å². The highest BCUT2D eigenvalue weighted by Gasteiger charge is 2.41. The summed E-state index contributed by atoms with van der Waals surface area (Å²) in [5.74, 6) is -0.804. The fourth-order valence-electron chi connectivity index (χ4n) is 1.46. The van der Waals surface area contributed by atoms with Crippen molar-refractivity contribution in [2.75, 3.05) is 20.8 Å². The summed E-state index contributed by atoms with van der Waals surface area (Å²) in [4.78, 5) is 11.1. The highest BCUT2D eigenvalue weighted by atomic mass is 16.7. The van der Waals surface area contributed by atoms with Gasteiger partial charge in [0.1, 0.15) is 0 Å². The smallest absolute Gasteiger partial charge is 0.330 e. The lowest BCUT2D eigenvalue weighted by atomic mass is 9.84. The molecule has 1 aliphatic rings. The number of methoxy groups -OCH3 is 2. The Labute approximate surface area is 83.8 Å². The number of ether oxygens (including phenoxy) is 3. The molecular weight excluding hydrogens is 184 g/mol. The van der Waals surface area contributed by atoms with Crippen molar-refractivity contribution in [2.24, 2.45) is 0 Å². The van der Waals surface area contributed by atoms with E-state index in [2.05, 4.69) is 0 Å². The third-order valence-electron chi connectivity index (χ3n) is 2.35. The first kappa shape index (κ1) is 11.2. The van der Waals surface area contributed by atoms with Gasteiger partial charge >= 0.3 is 5.97 Å². The van der Waals surface area contributed by atoms with Crippen LogP contribution in [0.3, 0.4) is 0 Å². The first-order valence-corrected chi connectivity index (χ1v) is 4.62. The standard InChI is InChI=1S/C10H16O4/c1-4-14-9(11)5-8-6-10(7-8,12-2)13-3/h5H,4,6-7H2,1-3H3. The minimum absolute atomic E-state index is 0.289. The summed E-state index contributed by atoms with van der Waals surface area (Å²) >= 11 is 0. The van der Waals surface area contributed by atoms with Crippen molar-refractivity contribution in [1.29, 1.82) is 0 Å². The Morgan fingerprint density at radius 2 is 2.00 bits per heavy atom. The molecular formula is C10H16O4. The van der Waals surface area contributed by atoms with Crippen LogP contribution in [0.25, 0.3) is 0 Å². The molecule has 1 aliphatic carbocycles. The Bertz CT molecular complexity index is 231. The van der Waals surface area contributed by atoms with Crippen LogP contribution in [0.15, 0.2) is 11.6 Å². The summed E-state index contributed by atoms with van der Waals surface area (Å²) in [5, 5.41) is 0. The van der Waals surface area contributed by atoms with E-state index in [1.807, 2.05) is 0 Å². The number of carbonyl (C=O) groups is 1. The van der Waals surface area contributed by atoms with Crippen LogP contribution in [0.4, 0.5) is 0 Å². The van der Waals surface area contributed by atoms with Gasteiger partial charge in [0.2, 0.25) is 0 Å². The van der Waals surface area contributed by atoms with Gasteiger partial charge in [0.25, 0.3) is 0 Å². The minimum atomic E-state index is -0.516. The number of hydrogen-bond donors (Lipinski definition) is 0. The number of carbonyl (C=O) groups excluding carboxylic acids is 1. The average Bonchev–Trinajstić information content (AvgIpc) is 2.11. The second-order valence-electron chi connectivity index (χ2n) is 3.23. The van der Waals surface area contributed by atoms with Crippen LogP contribution in [-0.2, 0) is 19.0 Å². The second-order valence-corrected chi connectivity index (χ2v) is 3.23. The molecule has 4 nitrogen and oxygen atoms in total. The zero-order valence-corrected chi connectivity index (χ0v) is 8.83. The van der Waals surface area contributed by atoms with Gasteiger partial charge < -0.3 is 14.2 Å². The number of rotatable bonds is 4. The van der Waals surface area contributed by atoms with Crippen molar-refractivity contribution in [2.45, 2.75) is 25.6 Å². The van der Waals surface area contributed by atoms with Gasteiger partial charge in [-0.15, -0.1) is 0 Å². The molecule has 80 valence electrons. The van der Waals surface area contributed by atoms with Crippen molar-refractivity contribution in [3.63, 3.8) is 0 Å². The van der Waals surface area contributed by atoms with Gasteiger partial charge in [-0.1, -0.05) is 5.57 Å². The van der Waals surface area contributed by atoms with E-state index in [-0.39, 0.29) is 5.97 Å². The third-order valence-corrected chi connectivity index (χ3v) is 2.35. The Hall–Kier alpha value is -0.870. The Balaban J connectivity index is 2.43. The molecule has 0 aliphatic heterocycles. The van der Waals surface area contributed by atoms with Crippen molar-refractivity contribution < 1.29 is 19.0 Å². The molecule has 1 rings (SSSR count). The number of esters is 1. The van der Waals surface area contributed by atoms with Gasteiger partial charge in [0.05, 0.1) is 6.61 Å². The van der Waals surface area contributed by atoms with Crippen LogP contribution in [0, 0.1) is 0 Å². The summed E-state index contributed by atoms with van der Waals surface area (Å²) < 4.78 is 15.1. The molecule has 0 aromatic rings. The normalized spacial score (nSPS) is 18.6. The molecule has 0 amide bonds. The summed E-state index contributed by atoms with van der Waals surface area (Å²) in [6, 6.07) is 0. The molecule has 0 aromatic heterocycles. The first-order valence-electron chi connectivity index (χ1n) is 4.62. The predicted octanol–water partition coefficient (Wildman–Crippen LogP) is 1.26. The van der Waals surface area contributed by atoms with Gasteiger partial charge in [0.15, 0.2) is 5.79 Å². The van der Waals surface area contributed by atoms with Crippen LogP contribution in [-0.4, -0.2) is 32.6 Å². The van der Waals surface area contributed by atoms with E-state index in [9.17, 15) is 4.79 Å². The van der Waals surface area contributed by atoms with E-state index in [4.69, 9.17) is 14.2 Å². The van der Waals surface area contributed by atoms with Crippen molar-refractivity contribution in [3.8, 4) is 0 Å². The van der Waals surface area contributed by atoms with Crippen LogP contribution in [0.5, 0.6) is 0 Å². The zero-order valence-electron chi connectivity index (χ0n) is 8.83. The molecule has 0 unspecified atom stereocenters. The fourth-order valence-corrected chi connectivity index (χ4v) is 1.46. The summed E-state index contributed by atoms with van der Waals surface area (Å²) in [6.45, 7) is 2.19. The van der Waals surface area contributed by atoms with E-state index in [1.54, 1.807) is 21.1 Å². The highest BCUT2D eigenvalue weighted by Crippen LogP contribution is 2.40. The maximum Gasteiger partial charge on any atom is 0.330 e. The fraction of sp³-hybridized carbons (Fsp3) is 0.700. The largest absolute Gasteiger partial charge is 0.463 e. The van der Waals surface area contributed by atoms with E-state index in [0.717, 1.165) is 5.57 Å². The summed E-state index contributed by atoms with van der Waals surface area (Å²) in [5.41, 5.74) is 1.01. The lowest BCUT2D eigenvalue weighted by Gasteiger charge is -2.40. The van der Waals surface area contributed by atoms with Crippen molar-refractivity contribution >= 4 is 5.97 Å². The molecule has 0 radical (unpaired) electrons. The molecule has 1 fully saturated rings. The van der Waals surface area contributed by atoms with Gasteiger partial charge in [-0.25, -0.2) is 4.79 Å². The Morgan fingerprint density at radius 3 is 2.43 bits per heavy atom.